The van der Waals surface area contributed by atoms with E-state index in [2.05, 4.69) is 51.3 Å². The second kappa shape index (κ2) is 12.3. The summed E-state index contributed by atoms with van der Waals surface area (Å²) in [5.41, 5.74) is 0. The molecule has 32 heavy (non-hydrogen) atoms. The van der Waals surface area contributed by atoms with Crippen LogP contribution in [-0.4, -0.2) is 107 Å². The first-order chi connectivity index (χ1) is 15.1. The molecule has 0 N–H and O–H groups in total. The minimum Gasteiger partial charge on any atom is -0.369 e. The van der Waals surface area contributed by atoms with Crippen molar-refractivity contribution in [3.8, 4) is 0 Å². The summed E-state index contributed by atoms with van der Waals surface area (Å²) in [5.74, 6) is 0.795. The maximum absolute atomic E-state index is 6.42. The van der Waals surface area contributed by atoms with E-state index in [1.54, 1.807) is 0 Å². The largest absolute Gasteiger partial charge is 0.502 e. The van der Waals surface area contributed by atoms with Crippen LogP contribution in [0.1, 0.15) is 48.5 Å². The van der Waals surface area contributed by atoms with Crippen molar-refractivity contribution in [3.05, 3.63) is 0 Å². The van der Waals surface area contributed by atoms with Gasteiger partial charge in [0.25, 0.3) is 0 Å². The van der Waals surface area contributed by atoms with Crippen LogP contribution in [0, 0.1) is 0 Å². The van der Waals surface area contributed by atoms with Gasteiger partial charge in [-0.25, -0.2) is 0 Å². The quantitative estimate of drug-likeness (QED) is 0.303. The van der Waals surface area contributed by atoms with Crippen LogP contribution in [0.2, 0.25) is 6.04 Å². The maximum atomic E-state index is 6.42. The van der Waals surface area contributed by atoms with Gasteiger partial charge in [0.2, 0.25) is 0 Å². The van der Waals surface area contributed by atoms with Crippen LogP contribution in [0.4, 0.5) is 0 Å². The van der Waals surface area contributed by atoms with Crippen molar-refractivity contribution in [2.24, 2.45) is 0 Å². The number of rotatable bonds is 7. The fourth-order valence-electron chi connectivity index (χ4n) is 5.05. The summed E-state index contributed by atoms with van der Waals surface area (Å²) in [7, 11) is -2.74. The van der Waals surface area contributed by atoms with Crippen molar-refractivity contribution in [2.45, 2.75) is 97.4 Å². The number of nitrogens with zero attached hydrogens (tertiary/aromatic N) is 2. The minimum absolute atomic E-state index is 0.0955. The molecule has 188 valence electrons. The molecule has 0 aromatic rings. The average molecular weight is 493 g/mol. The van der Waals surface area contributed by atoms with Gasteiger partial charge in [0, 0.05) is 51.1 Å². The second-order valence-corrected chi connectivity index (χ2v) is 13.3. The Morgan fingerprint density at radius 1 is 0.812 bits per heavy atom. The molecule has 0 aliphatic carbocycles. The molecule has 0 spiro atoms. The summed E-state index contributed by atoms with van der Waals surface area (Å²) < 4.78 is 37.1. The van der Waals surface area contributed by atoms with E-state index < -0.39 is 8.80 Å². The van der Waals surface area contributed by atoms with Crippen LogP contribution >= 0.6 is 12.0 Å². The van der Waals surface area contributed by atoms with Gasteiger partial charge in [-0.3, -0.25) is 9.80 Å². The summed E-state index contributed by atoms with van der Waals surface area (Å²) in [6, 6.07) is 0.765. The molecule has 2 bridgehead atoms. The third-order valence-corrected chi connectivity index (χ3v) is 10.2. The van der Waals surface area contributed by atoms with Crippen molar-refractivity contribution in [2.75, 3.05) is 45.0 Å². The Bertz CT molecular complexity index is 529. The number of hydrogen-bond acceptors (Lipinski definition) is 9. The van der Waals surface area contributed by atoms with Gasteiger partial charge in [-0.1, -0.05) is 0 Å². The van der Waals surface area contributed by atoms with E-state index in [1.165, 1.54) is 12.0 Å². The molecular weight excluding hydrogens is 448 g/mol. The second-order valence-electron chi connectivity index (χ2n) is 9.85. The first-order valence-electron chi connectivity index (χ1n) is 12.2. The third kappa shape index (κ3) is 8.48. The monoisotopic (exact) mass is 492 g/mol. The van der Waals surface area contributed by atoms with Gasteiger partial charge in [-0.05, 0) is 60.5 Å². The van der Waals surface area contributed by atoms with Gasteiger partial charge >= 0.3 is 8.80 Å². The van der Waals surface area contributed by atoms with Crippen LogP contribution in [0.3, 0.4) is 0 Å². The standard InChI is InChI=1S/C22H44N2O6SSi/c1-16-10-23(11-17(2)26-22(7)25-16)12-18(3)27-31-8-9-32-28-19(4)13-24(14-20(5)29-32)15-21(6)30-32/h16-22H,8-15H2,1-7H3. The molecule has 6 atom stereocenters. The van der Waals surface area contributed by atoms with Crippen molar-refractivity contribution < 1.29 is 26.9 Å². The van der Waals surface area contributed by atoms with Gasteiger partial charge < -0.3 is 26.9 Å². The smallest absolute Gasteiger partial charge is 0.369 e. The van der Waals surface area contributed by atoms with Crippen LogP contribution in [0.5, 0.6) is 0 Å². The van der Waals surface area contributed by atoms with Crippen LogP contribution in [0.25, 0.3) is 0 Å². The Kier molecular flexibility index (Phi) is 10.3. The van der Waals surface area contributed by atoms with Gasteiger partial charge in [0.05, 0.1) is 36.6 Å². The normalized spacial score (nSPS) is 43.0. The molecule has 0 radical (unpaired) electrons. The zero-order valence-corrected chi connectivity index (χ0v) is 22.8. The summed E-state index contributed by atoms with van der Waals surface area (Å²) in [5, 5.41) is 0. The highest BCUT2D eigenvalue weighted by molar-refractivity contribution is 7.94. The van der Waals surface area contributed by atoms with Crippen molar-refractivity contribution in [1.29, 1.82) is 0 Å². The predicted octanol–water partition coefficient (Wildman–Crippen LogP) is 2.99. The lowest BCUT2D eigenvalue weighted by Crippen LogP contribution is -2.61. The van der Waals surface area contributed by atoms with Gasteiger partial charge in [0.1, 0.15) is 0 Å². The van der Waals surface area contributed by atoms with E-state index >= 15 is 0 Å². The molecule has 4 aliphatic rings. The van der Waals surface area contributed by atoms with E-state index in [9.17, 15) is 0 Å². The highest BCUT2D eigenvalue weighted by Crippen LogP contribution is 2.29. The van der Waals surface area contributed by atoms with E-state index in [0.29, 0.717) is 0 Å². The number of hydrogen-bond donors (Lipinski definition) is 0. The first-order valence-corrected chi connectivity index (χ1v) is 15.0. The highest BCUT2D eigenvalue weighted by atomic mass is 32.2. The molecule has 4 fully saturated rings. The van der Waals surface area contributed by atoms with Gasteiger partial charge in [-0.2, -0.15) is 0 Å². The lowest BCUT2D eigenvalue weighted by atomic mass is 10.2. The SMILES string of the molecule is CC(CN1CC(C)OC(C)OC(C)C1)OSCC[Si]12OC(C)CN(CC(C)O1)CC(C)O2. The Labute approximate surface area is 200 Å². The molecule has 4 aliphatic heterocycles. The Morgan fingerprint density at radius 2 is 1.31 bits per heavy atom. The van der Waals surface area contributed by atoms with Crippen molar-refractivity contribution in [3.63, 3.8) is 0 Å². The van der Waals surface area contributed by atoms with Gasteiger partial charge in [0.15, 0.2) is 6.29 Å². The maximum Gasteiger partial charge on any atom is 0.502 e. The van der Waals surface area contributed by atoms with Crippen LogP contribution in [-0.2, 0) is 26.9 Å². The lowest BCUT2D eigenvalue weighted by Gasteiger charge is -2.45. The molecular formula is C22H44N2O6SSi. The predicted molar refractivity (Wildman–Crippen MR) is 129 cm³/mol. The van der Waals surface area contributed by atoms with Gasteiger partial charge in [-0.15, -0.1) is 0 Å². The molecule has 0 aromatic carbocycles. The summed E-state index contributed by atoms with van der Waals surface area (Å²) in [6.45, 7) is 20.1. The van der Waals surface area contributed by atoms with E-state index in [0.717, 1.165) is 51.1 Å². The Hall–Kier alpha value is 0.247. The van der Waals surface area contributed by atoms with E-state index in [4.69, 9.17) is 26.9 Å². The molecule has 4 heterocycles. The topological polar surface area (TPSA) is 61.9 Å². The Balaban J connectivity index is 1.46. The number of ether oxygens (including phenoxy) is 2. The number of fused-ring (bicyclic) bond motifs is 6. The molecule has 6 unspecified atom stereocenters. The zero-order valence-electron chi connectivity index (χ0n) is 21.0. The fraction of sp³-hybridized carbons (Fsp3) is 1.00. The molecule has 0 saturated carbocycles. The van der Waals surface area contributed by atoms with E-state index in [1.807, 2.05) is 6.92 Å². The van der Waals surface area contributed by atoms with E-state index in [-0.39, 0.29) is 42.9 Å². The average Bonchev–Trinajstić information content (AvgIpc) is 2.60. The molecule has 4 rings (SSSR count). The molecule has 10 heteroatoms. The third-order valence-electron chi connectivity index (χ3n) is 5.81. The van der Waals surface area contributed by atoms with Crippen molar-refractivity contribution >= 4 is 20.8 Å². The lowest BCUT2D eigenvalue weighted by molar-refractivity contribution is -0.199. The van der Waals surface area contributed by atoms with Crippen LogP contribution < -0.4 is 0 Å². The van der Waals surface area contributed by atoms with Crippen molar-refractivity contribution in [1.82, 2.24) is 9.80 Å². The fourth-order valence-corrected chi connectivity index (χ4v) is 9.36. The Morgan fingerprint density at radius 3 is 1.81 bits per heavy atom. The molecule has 8 nitrogen and oxygen atoms in total. The first kappa shape index (κ1) is 26.8. The summed E-state index contributed by atoms with van der Waals surface area (Å²) in [4.78, 5) is 4.76. The molecule has 0 aromatic heterocycles. The zero-order chi connectivity index (χ0) is 23.3. The summed E-state index contributed by atoms with van der Waals surface area (Å²) in [6.07, 6.45) is 0.570. The molecule has 4 saturated heterocycles. The highest BCUT2D eigenvalue weighted by Gasteiger charge is 2.48. The summed E-state index contributed by atoms with van der Waals surface area (Å²) >= 11 is 1.50. The minimum atomic E-state index is -2.74. The molecule has 0 amide bonds. The van der Waals surface area contributed by atoms with Crippen LogP contribution in [0.15, 0.2) is 0 Å².